The van der Waals surface area contributed by atoms with Gasteiger partial charge >= 0.3 is 0 Å². The Morgan fingerprint density at radius 3 is 2.76 bits per heavy atom. The van der Waals surface area contributed by atoms with Crippen LogP contribution in [0.1, 0.15) is 37.3 Å². The van der Waals surface area contributed by atoms with Crippen LogP contribution in [0.25, 0.3) is 0 Å². The summed E-state index contributed by atoms with van der Waals surface area (Å²) in [5.41, 5.74) is 7.02. The maximum absolute atomic E-state index is 11.9. The first-order valence-corrected chi connectivity index (χ1v) is 7.52. The van der Waals surface area contributed by atoms with Gasteiger partial charge in [-0.3, -0.25) is 9.59 Å². The molecule has 1 aliphatic heterocycles. The quantitative estimate of drug-likeness (QED) is 0.855. The third-order valence-electron chi connectivity index (χ3n) is 3.75. The molecule has 1 fully saturated rings. The lowest BCUT2D eigenvalue weighted by molar-refractivity contribution is -0.135. The molecule has 1 aromatic rings. The minimum Gasteiger partial charge on any atom is -0.353 e. The van der Waals surface area contributed by atoms with Gasteiger partial charge in [-0.2, -0.15) is 0 Å². The van der Waals surface area contributed by atoms with Gasteiger partial charge in [0.2, 0.25) is 11.8 Å². The number of carbonyl (C=O) groups is 2. The number of nitrogens with one attached hydrogen (secondary N) is 1. The standard InChI is InChI=1S/C16H23N3O2/c17-14(13-7-3-1-4-8-13)11-18-15(20)12-19-10-6-2-5-9-16(19)21/h1,3-4,7-8,14H,2,5-6,9-12,17H2,(H,18,20). The van der Waals surface area contributed by atoms with Crippen molar-refractivity contribution in [3.8, 4) is 0 Å². The molecule has 1 heterocycles. The third-order valence-corrected chi connectivity index (χ3v) is 3.75. The summed E-state index contributed by atoms with van der Waals surface area (Å²) in [6.07, 6.45) is 3.51. The van der Waals surface area contributed by atoms with Gasteiger partial charge in [-0.15, -0.1) is 0 Å². The van der Waals surface area contributed by atoms with E-state index in [0.29, 0.717) is 19.5 Å². The van der Waals surface area contributed by atoms with E-state index in [-0.39, 0.29) is 24.4 Å². The Morgan fingerprint density at radius 2 is 2.00 bits per heavy atom. The highest BCUT2D eigenvalue weighted by atomic mass is 16.2. The predicted molar refractivity (Wildman–Crippen MR) is 81.4 cm³/mol. The molecular weight excluding hydrogens is 266 g/mol. The molecule has 2 rings (SSSR count). The molecule has 5 heteroatoms. The molecule has 3 N–H and O–H groups in total. The number of rotatable bonds is 5. The van der Waals surface area contributed by atoms with E-state index in [1.54, 1.807) is 4.90 Å². The van der Waals surface area contributed by atoms with Crippen molar-refractivity contribution in [3.05, 3.63) is 35.9 Å². The van der Waals surface area contributed by atoms with E-state index in [9.17, 15) is 9.59 Å². The number of likely N-dealkylation sites (tertiary alicyclic amines) is 1. The molecule has 0 spiro atoms. The van der Waals surface area contributed by atoms with Crippen LogP contribution in [-0.4, -0.2) is 36.3 Å². The van der Waals surface area contributed by atoms with E-state index in [1.807, 2.05) is 30.3 Å². The maximum Gasteiger partial charge on any atom is 0.239 e. The van der Waals surface area contributed by atoms with Gasteiger partial charge < -0.3 is 16.0 Å². The number of amides is 2. The van der Waals surface area contributed by atoms with Gasteiger partial charge in [0.25, 0.3) is 0 Å². The van der Waals surface area contributed by atoms with Crippen LogP contribution in [-0.2, 0) is 9.59 Å². The lowest BCUT2D eigenvalue weighted by Crippen LogP contribution is -2.42. The maximum atomic E-state index is 11.9. The van der Waals surface area contributed by atoms with Crippen molar-refractivity contribution in [2.45, 2.75) is 31.7 Å². The molecule has 21 heavy (non-hydrogen) atoms. The van der Waals surface area contributed by atoms with Gasteiger partial charge in [0.1, 0.15) is 0 Å². The van der Waals surface area contributed by atoms with Gasteiger partial charge in [-0.25, -0.2) is 0 Å². The predicted octanol–water partition coefficient (Wildman–Crippen LogP) is 1.21. The van der Waals surface area contributed by atoms with Gasteiger partial charge in [0, 0.05) is 25.6 Å². The van der Waals surface area contributed by atoms with Crippen molar-refractivity contribution < 1.29 is 9.59 Å². The van der Waals surface area contributed by atoms with E-state index in [4.69, 9.17) is 5.73 Å². The Morgan fingerprint density at radius 1 is 1.24 bits per heavy atom. The number of nitrogens with zero attached hydrogens (tertiary/aromatic N) is 1. The molecule has 5 nitrogen and oxygen atoms in total. The summed E-state index contributed by atoms with van der Waals surface area (Å²) in [4.78, 5) is 25.4. The van der Waals surface area contributed by atoms with E-state index in [1.165, 1.54) is 0 Å². The Kier molecular flexibility index (Phi) is 5.75. The van der Waals surface area contributed by atoms with E-state index in [2.05, 4.69) is 5.32 Å². The van der Waals surface area contributed by atoms with Crippen LogP contribution < -0.4 is 11.1 Å². The molecule has 0 aromatic heterocycles. The molecule has 1 aliphatic rings. The molecule has 1 unspecified atom stereocenters. The topological polar surface area (TPSA) is 75.4 Å². The van der Waals surface area contributed by atoms with Crippen LogP contribution >= 0.6 is 0 Å². The summed E-state index contributed by atoms with van der Waals surface area (Å²) in [6, 6.07) is 9.43. The first-order valence-electron chi connectivity index (χ1n) is 7.52. The fourth-order valence-electron chi connectivity index (χ4n) is 2.48. The summed E-state index contributed by atoms with van der Waals surface area (Å²) in [6.45, 7) is 1.20. The largest absolute Gasteiger partial charge is 0.353 e. The summed E-state index contributed by atoms with van der Waals surface area (Å²) < 4.78 is 0. The number of nitrogens with two attached hydrogens (primary N) is 1. The van der Waals surface area contributed by atoms with E-state index in [0.717, 1.165) is 24.8 Å². The van der Waals surface area contributed by atoms with Gasteiger partial charge in [0.15, 0.2) is 0 Å². The second-order valence-corrected chi connectivity index (χ2v) is 5.45. The van der Waals surface area contributed by atoms with Crippen molar-refractivity contribution in [1.29, 1.82) is 0 Å². The number of benzene rings is 1. The van der Waals surface area contributed by atoms with Crippen LogP contribution in [0.3, 0.4) is 0 Å². The van der Waals surface area contributed by atoms with Crippen molar-refractivity contribution in [3.63, 3.8) is 0 Å². The second-order valence-electron chi connectivity index (χ2n) is 5.45. The molecule has 2 amide bonds. The number of hydrogen-bond donors (Lipinski definition) is 2. The van der Waals surface area contributed by atoms with Crippen LogP contribution in [0.15, 0.2) is 30.3 Å². The van der Waals surface area contributed by atoms with Crippen LogP contribution in [0.2, 0.25) is 0 Å². The summed E-state index contributed by atoms with van der Waals surface area (Å²) in [7, 11) is 0. The molecule has 0 saturated carbocycles. The minimum atomic E-state index is -0.227. The Labute approximate surface area is 125 Å². The summed E-state index contributed by atoms with van der Waals surface area (Å²) in [5, 5.41) is 2.81. The smallest absolute Gasteiger partial charge is 0.239 e. The highest BCUT2D eigenvalue weighted by Crippen LogP contribution is 2.11. The van der Waals surface area contributed by atoms with Gasteiger partial charge in [-0.05, 0) is 18.4 Å². The Bertz CT molecular complexity index is 476. The van der Waals surface area contributed by atoms with Crippen LogP contribution in [0.5, 0.6) is 0 Å². The number of hydrogen-bond acceptors (Lipinski definition) is 3. The van der Waals surface area contributed by atoms with Crippen molar-refractivity contribution in [2.75, 3.05) is 19.6 Å². The zero-order chi connectivity index (χ0) is 15.1. The fraction of sp³-hybridized carbons (Fsp3) is 0.500. The molecule has 114 valence electrons. The van der Waals surface area contributed by atoms with Gasteiger partial charge in [-0.1, -0.05) is 36.8 Å². The average molecular weight is 289 g/mol. The SMILES string of the molecule is NC(CNC(=O)CN1CCCCCC1=O)c1ccccc1. The monoisotopic (exact) mass is 289 g/mol. The molecule has 1 aromatic carbocycles. The van der Waals surface area contributed by atoms with Crippen LogP contribution in [0, 0.1) is 0 Å². The average Bonchev–Trinajstić information content (AvgIpc) is 2.71. The zero-order valence-corrected chi connectivity index (χ0v) is 12.3. The summed E-state index contributed by atoms with van der Waals surface area (Å²) in [5.74, 6) is -0.0633. The highest BCUT2D eigenvalue weighted by molar-refractivity contribution is 5.84. The molecule has 1 atom stereocenters. The Balaban J connectivity index is 1.78. The van der Waals surface area contributed by atoms with Crippen molar-refractivity contribution in [2.24, 2.45) is 5.73 Å². The van der Waals surface area contributed by atoms with E-state index >= 15 is 0 Å². The molecule has 0 aliphatic carbocycles. The minimum absolute atomic E-state index is 0.0787. The molecule has 1 saturated heterocycles. The summed E-state index contributed by atoms with van der Waals surface area (Å²) >= 11 is 0. The Hall–Kier alpha value is -1.88. The van der Waals surface area contributed by atoms with Gasteiger partial charge in [0.05, 0.1) is 6.54 Å². The van der Waals surface area contributed by atoms with Crippen LogP contribution in [0.4, 0.5) is 0 Å². The molecule has 0 radical (unpaired) electrons. The van der Waals surface area contributed by atoms with Crippen molar-refractivity contribution >= 4 is 11.8 Å². The second kappa shape index (κ2) is 7.78. The molecule has 0 bridgehead atoms. The molecular formula is C16H23N3O2. The lowest BCUT2D eigenvalue weighted by atomic mass is 10.1. The zero-order valence-electron chi connectivity index (χ0n) is 12.3. The van der Waals surface area contributed by atoms with Crippen molar-refractivity contribution in [1.82, 2.24) is 10.2 Å². The highest BCUT2D eigenvalue weighted by Gasteiger charge is 2.19. The first-order chi connectivity index (χ1) is 10.2. The number of carbonyl (C=O) groups excluding carboxylic acids is 2. The van der Waals surface area contributed by atoms with E-state index < -0.39 is 0 Å². The first kappa shape index (κ1) is 15.5. The normalized spacial score (nSPS) is 17.2. The lowest BCUT2D eigenvalue weighted by Gasteiger charge is -2.20. The third kappa shape index (κ3) is 4.86. The fourth-order valence-corrected chi connectivity index (χ4v) is 2.48.